The summed E-state index contributed by atoms with van der Waals surface area (Å²) in [5.74, 6) is 2.38. The fourth-order valence-corrected chi connectivity index (χ4v) is 7.29. The summed E-state index contributed by atoms with van der Waals surface area (Å²) in [7, 11) is 1.72. The van der Waals surface area contributed by atoms with Crippen LogP contribution in [-0.2, 0) is 9.53 Å². The molecule has 0 unspecified atom stereocenters. The molecular formula is C38H52N4O5. The van der Waals surface area contributed by atoms with Gasteiger partial charge in [-0.1, -0.05) is 24.3 Å². The van der Waals surface area contributed by atoms with Gasteiger partial charge < -0.3 is 24.8 Å². The Morgan fingerprint density at radius 3 is 2.40 bits per heavy atom. The molecule has 0 aliphatic heterocycles. The van der Waals surface area contributed by atoms with E-state index in [1.807, 2.05) is 10.9 Å². The van der Waals surface area contributed by atoms with Crippen LogP contribution in [0.1, 0.15) is 88.3 Å². The van der Waals surface area contributed by atoms with Crippen molar-refractivity contribution in [1.82, 2.24) is 15.1 Å². The maximum absolute atomic E-state index is 14.4. The van der Waals surface area contributed by atoms with Crippen LogP contribution in [-0.4, -0.2) is 60.3 Å². The van der Waals surface area contributed by atoms with Crippen LogP contribution in [0.2, 0.25) is 0 Å². The minimum atomic E-state index is -0.501. The number of anilines is 1. The third-order valence-electron chi connectivity index (χ3n) is 10.1. The summed E-state index contributed by atoms with van der Waals surface area (Å²) < 4.78 is 12.4. The van der Waals surface area contributed by atoms with E-state index >= 15 is 0 Å². The van der Waals surface area contributed by atoms with Crippen LogP contribution in [0.5, 0.6) is 5.75 Å². The van der Waals surface area contributed by atoms with Crippen molar-refractivity contribution in [2.45, 2.75) is 84.1 Å². The second-order valence-electron chi connectivity index (χ2n) is 13.7. The molecule has 5 rings (SSSR count). The van der Waals surface area contributed by atoms with Crippen LogP contribution < -0.4 is 15.0 Å². The Morgan fingerprint density at radius 2 is 1.74 bits per heavy atom. The number of amides is 2. The summed E-state index contributed by atoms with van der Waals surface area (Å²) in [5.41, 5.74) is 5.63. The fraction of sp³-hybridized carbons (Fsp3) is 0.553. The van der Waals surface area contributed by atoms with Crippen molar-refractivity contribution in [3.05, 3.63) is 66.0 Å². The predicted molar refractivity (Wildman–Crippen MR) is 185 cm³/mol. The Hall–Kier alpha value is -3.85. The molecule has 2 aliphatic carbocycles. The summed E-state index contributed by atoms with van der Waals surface area (Å²) >= 11 is 0. The lowest BCUT2D eigenvalue weighted by molar-refractivity contribution is -0.123. The highest BCUT2D eigenvalue weighted by atomic mass is 16.6. The smallest absolute Gasteiger partial charge is 0.407 e. The molecule has 3 aromatic rings. The number of benzene rings is 2. The molecule has 2 aliphatic rings. The van der Waals surface area contributed by atoms with Gasteiger partial charge in [0.15, 0.2) is 0 Å². The first kappa shape index (κ1) is 34.5. The highest BCUT2D eigenvalue weighted by Gasteiger charge is 2.33. The zero-order valence-electron chi connectivity index (χ0n) is 28.5. The van der Waals surface area contributed by atoms with Crippen LogP contribution in [0.3, 0.4) is 0 Å². The van der Waals surface area contributed by atoms with E-state index in [4.69, 9.17) is 14.6 Å². The van der Waals surface area contributed by atoms with Crippen LogP contribution in [0.15, 0.2) is 54.9 Å². The number of hydrogen-bond donors (Lipinski definition) is 2. The van der Waals surface area contributed by atoms with E-state index in [1.165, 1.54) is 11.1 Å². The zero-order chi connectivity index (χ0) is 33.3. The second kappa shape index (κ2) is 16.3. The molecule has 9 heteroatoms. The molecule has 2 amide bonds. The number of hydrogen-bond acceptors (Lipinski definition) is 6. The number of rotatable bonds is 12. The lowest BCUT2D eigenvalue weighted by Gasteiger charge is -2.36. The summed E-state index contributed by atoms with van der Waals surface area (Å²) in [6, 6.07) is 15.2. The molecule has 2 fully saturated rings. The summed E-state index contributed by atoms with van der Waals surface area (Å²) in [6.45, 7) is 7.39. The molecular weight excluding hydrogens is 592 g/mol. The van der Waals surface area contributed by atoms with E-state index in [2.05, 4.69) is 84.7 Å². The standard InChI is InChI=1S/C38H52N4O5/c1-26(2)42-25-34(23-40-42)32-6-5-7-35(21-32)41(37(44)31-14-8-28(9-15-31)22-39-38(45)47-19-18-43)24-29-10-12-30(13-11-29)33-16-17-36(46-4)27(3)20-33/h5-7,16-17,20-21,23,25-26,28-31,43H,8-15,18-19,22,24H2,1-4H3,(H,39,45). The minimum Gasteiger partial charge on any atom is -0.496 e. The quantitative estimate of drug-likeness (QED) is 0.215. The first-order valence-corrected chi connectivity index (χ1v) is 17.4. The zero-order valence-corrected chi connectivity index (χ0v) is 28.5. The Morgan fingerprint density at radius 1 is 1.00 bits per heavy atom. The van der Waals surface area contributed by atoms with Gasteiger partial charge in [0, 0.05) is 42.5 Å². The molecule has 0 atom stereocenters. The normalized spacial score (nSPS) is 21.3. The molecule has 47 heavy (non-hydrogen) atoms. The number of aliphatic hydroxyl groups is 1. The van der Waals surface area contributed by atoms with E-state index in [0.29, 0.717) is 24.3 Å². The first-order chi connectivity index (χ1) is 22.7. The molecule has 2 saturated carbocycles. The molecule has 1 aromatic heterocycles. The van der Waals surface area contributed by atoms with Gasteiger partial charge in [-0.2, -0.15) is 5.10 Å². The second-order valence-corrected chi connectivity index (χ2v) is 13.7. The third-order valence-corrected chi connectivity index (χ3v) is 10.1. The fourth-order valence-electron chi connectivity index (χ4n) is 7.29. The summed E-state index contributed by atoms with van der Waals surface area (Å²) in [4.78, 5) is 28.3. The highest BCUT2D eigenvalue weighted by Crippen LogP contribution is 2.39. The van der Waals surface area contributed by atoms with E-state index in [0.717, 1.165) is 80.5 Å². The number of methoxy groups -OCH3 is 1. The molecule has 0 spiro atoms. The topological polar surface area (TPSA) is 106 Å². The number of alkyl carbamates (subject to hydrolysis) is 1. The molecule has 0 bridgehead atoms. The molecule has 254 valence electrons. The summed E-state index contributed by atoms with van der Waals surface area (Å²) in [5, 5.41) is 16.2. The number of carbonyl (C=O) groups is 2. The number of nitrogens with one attached hydrogen (secondary N) is 1. The van der Waals surface area contributed by atoms with E-state index in [9.17, 15) is 9.59 Å². The van der Waals surface area contributed by atoms with Crippen LogP contribution in [0.4, 0.5) is 10.5 Å². The van der Waals surface area contributed by atoms with Gasteiger partial charge in [-0.25, -0.2) is 4.79 Å². The number of aromatic nitrogens is 2. The van der Waals surface area contributed by atoms with Crippen molar-refractivity contribution < 1.29 is 24.2 Å². The molecule has 2 N–H and O–H groups in total. The van der Waals surface area contributed by atoms with Crippen molar-refractivity contribution >= 4 is 17.7 Å². The number of aliphatic hydroxyl groups excluding tert-OH is 1. The van der Waals surface area contributed by atoms with Gasteiger partial charge in [-0.3, -0.25) is 9.48 Å². The predicted octanol–water partition coefficient (Wildman–Crippen LogP) is 7.28. The third kappa shape index (κ3) is 8.95. The van der Waals surface area contributed by atoms with Gasteiger partial charge >= 0.3 is 6.09 Å². The highest BCUT2D eigenvalue weighted by molar-refractivity contribution is 5.95. The molecule has 1 heterocycles. The van der Waals surface area contributed by atoms with E-state index in [-0.39, 0.29) is 31.1 Å². The Kier molecular flexibility index (Phi) is 12.0. The van der Waals surface area contributed by atoms with Crippen molar-refractivity contribution in [2.75, 3.05) is 38.3 Å². The van der Waals surface area contributed by atoms with Gasteiger partial charge in [0.05, 0.1) is 19.9 Å². The van der Waals surface area contributed by atoms with Crippen molar-refractivity contribution in [3.8, 4) is 16.9 Å². The molecule has 0 radical (unpaired) electrons. The number of aryl methyl sites for hydroxylation is 1. The van der Waals surface area contributed by atoms with Gasteiger partial charge in [0.1, 0.15) is 12.4 Å². The summed E-state index contributed by atoms with van der Waals surface area (Å²) in [6.07, 6.45) is 11.3. The van der Waals surface area contributed by atoms with Crippen molar-refractivity contribution in [1.29, 1.82) is 0 Å². The Labute approximate surface area is 279 Å². The number of ether oxygens (including phenoxy) is 2. The van der Waals surface area contributed by atoms with Crippen molar-refractivity contribution in [2.24, 2.45) is 17.8 Å². The molecule has 9 nitrogen and oxygen atoms in total. The average Bonchev–Trinajstić information content (AvgIpc) is 3.60. The lowest BCUT2D eigenvalue weighted by atomic mass is 9.77. The molecule has 2 aromatic carbocycles. The van der Waals surface area contributed by atoms with Crippen LogP contribution >= 0.6 is 0 Å². The number of nitrogens with zero attached hydrogens (tertiary/aromatic N) is 3. The maximum Gasteiger partial charge on any atom is 0.407 e. The van der Waals surface area contributed by atoms with E-state index < -0.39 is 6.09 Å². The maximum atomic E-state index is 14.4. The average molecular weight is 645 g/mol. The Bertz CT molecular complexity index is 1470. The number of carbonyl (C=O) groups excluding carboxylic acids is 2. The van der Waals surface area contributed by atoms with E-state index in [1.54, 1.807) is 7.11 Å². The van der Waals surface area contributed by atoms with Gasteiger partial charge in [0.25, 0.3) is 0 Å². The molecule has 0 saturated heterocycles. The SMILES string of the molecule is COc1ccc(C2CCC(CN(C(=O)C3CCC(CNC(=O)OCCO)CC3)c3cccc(-c4cnn(C(C)C)c4)c3)CC2)cc1C. The first-order valence-electron chi connectivity index (χ1n) is 17.4. The van der Waals surface area contributed by atoms with Crippen molar-refractivity contribution in [3.63, 3.8) is 0 Å². The van der Waals surface area contributed by atoms with Crippen LogP contribution in [0.25, 0.3) is 11.1 Å². The van der Waals surface area contributed by atoms with Crippen LogP contribution in [0, 0.1) is 24.7 Å². The monoisotopic (exact) mass is 644 g/mol. The minimum absolute atomic E-state index is 0.00696. The Balaban J connectivity index is 1.28. The van der Waals surface area contributed by atoms with Gasteiger partial charge in [-0.05, 0) is 125 Å². The van der Waals surface area contributed by atoms with Gasteiger partial charge in [-0.15, -0.1) is 0 Å². The lowest BCUT2D eigenvalue weighted by Crippen LogP contribution is -2.42. The van der Waals surface area contributed by atoms with Gasteiger partial charge in [0.2, 0.25) is 5.91 Å². The largest absolute Gasteiger partial charge is 0.496 e.